The zero-order valence-corrected chi connectivity index (χ0v) is 12.1. The fraction of sp³-hybridized carbons (Fsp3) is 0.733. The monoisotopic (exact) mass is 266 g/mol. The molecule has 1 aliphatic rings. The highest BCUT2D eigenvalue weighted by molar-refractivity contribution is 5.07. The fourth-order valence-corrected chi connectivity index (χ4v) is 2.64. The van der Waals surface area contributed by atoms with Gasteiger partial charge in [-0.2, -0.15) is 0 Å². The molecule has 2 unspecified atom stereocenters. The molecule has 0 radical (unpaired) electrons. The highest BCUT2D eigenvalue weighted by Crippen LogP contribution is 2.23. The highest BCUT2D eigenvalue weighted by Gasteiger charge is 2.30. The van der Waals surface area contributed by atoms with Crippen molar-refractivity contribution in [3.05, 3.63) is 24.2 Å². The average Bonchev–Trinajstić information content (AvgIpc) is 2.94. The minimum Gasteiger partial charge on any atom is -0.468 e. The van der Waals surface area contributed by atoms with Crippen molar-refractivity contribution >= 4 is 0 Å². The molecule has 1 saturated heterocycles. The third-order valence-corrected chi connectivity index (χ3v) is 3.55. The fourth-order valence-electron chi connectivity index (χ4n) is 2.64. The molecule has 0 spiro atoms. The van der Waals surface area contributed by atoms with E-state index in [2.05, 4.69) is 24.1 Å². The number of morpholine rings is 1. The Kier molecular flexibility index (Phi) is 5.89. The van der Waals surface area contributed by atoms with E-state index in [0.29, 0.717) is 0 Å². The van der Waals surface area contributed by atoms with Crippen molar-refractivity contribution in [2.75, 3.05) is 32.8 Å². The third kappa shape index (κ3) is 4.06. The molecule has 2 atom stereocenters. The molecule has 1 aromatic heterocycles. The Morgan fingerprint density at radius 2 is 2.32 bits per heavy atom. The maximum Gasteiger partial charge on any atom is 0.123 e. The lowest BCUT2D eigenvalue weighted by Gasteiger charge is -2.36. The van der Waals surface area contributed by atoms with Gasteiger partial charge in [0, 0.05) is 13.1 Å². The minimum atomic E-state index is 0.162. The van der Waals surface area contributed by atoms with E-state index in [-0.39, 0.29) is 12.1 Å². The van der Waals surface area contributed by atoms with Crippen molar-refractivity contribution in [1.82, 2.24) is 10.2 Å². The number of rotatable bonds is 7. The van der Waals surface area contributed by atoms with Gasteiger partial charge in [0.1, 0.15) is 5.76 Å². The van der Waals surface area contributed by atoms with Crippen LogP contribution in [-0.2, 0) is 4.74 Å². The predicted octanol–water partition coefficient (Wildman–Crippen LogP) is 2.43. The van der Waals surface area contributed by atoms with E-state index in [1.807, 2.05) is 12.1 Å². The summed E-state index contributed by atoms with van der Waals surface area (Å²) in [6.45, 7) is 9.38. The van der Waals surface area contributed by atoms with Crippen LogP contribution < -0.4 is 5.32 Å². The molecular weight excluding hydrogens is 240 g/mol. The predicted molar refractivity (Wildman–Crippen MR) is 76.2 cm³/mol. The maximum atomic E-state index is 5.97. The van der Waals surface area contributed by atoms with E-state index in [1.54, 1.807) is 6.26 Å². The lowest BCUT2D eigenvalue weighted by Crippen LogP contribution is -2.48. The summed E-state index contributed by atoms with van der Waals surface area (Å²) in [7, 11) is 0. The molecule has 0 aliphatic carbocycles. The second-order valence-corrected chi connectivity index (χ2v) is 5.16. The molecule has 2 heterocycles. The number of ether oxygens (including phenoxy) is 1. The Hall–Kier alpha value is -0.840. The summed E-state index contributed by atoms with van der Waals surface area (Å²) >= 11 is 0. The van der Waals surface area contributed by atoms with Gasteiger partial charge < -0.3 is 14.5 Å². The maximum absolute atomic E-state index is 5.97. The van der Waals surface area contributed by atoms with Crippen molar-refractivity contribution in [2.45, 2.75) is 38.8 Å². The summed E-state index contributed by atoms with van der Waals surface area (Å²) in [5.41, 5.74) is 0. The van der Waals surface area contributed by atoms with Crippen LogP contribution in [0.15, 0.2) is 22.8 Å². The van der Waals surface area contributed by atoms with Gasteiger partial charge in [-0.25, -0.2) is 0 Å². The molecule has 1 N–H and O–H groups in total. The molecule has 4 heteroatoms. The zero-order valence-electron chi connectivity index (χ0n) is 12.1. The van der Waals surface area contributed by atoms with Crippen LogP contribution in [0.2, 0.25) is 0 Å². The van der Waals surface area contributed by atoms with Gasteiger partial charge in [0.2, 0.25) is 0 Å². The van der Waals surface area contributed by atoms with Crippen LogP contribution in [0.5, 0.6) is 0 Å². The Bertz CT molecular complexity index is 338. The quantitative estimate of drug-likeness (QED) is 0.822. The smallest absolute Gasteiger partial charge is 0.123 e. The first kappa shape index (κ1) is 14.6. The van der Waals surface area contributed by atoms with Crippen LogP contribution in [0, 0.1) is 0 Å². The molecule has 4 nitrogen and oxygen atoms in total. The van der Waals surface area contributed by atoms with Crippen molar-refractivity contribution in [1.29, 1.82) is 0 Å². The molecule has 2 rings (SSSR count). The van der Waals surface area contributed by atoms with Crippen LogP contribution in [0.1, 0.15) is 38.5 Å². The van der Waals surface area contributed by atoms with Crippen molar-refractivity contribution in [2.24, 2.45) is 0 Å². The summed E-state index contributed by atoms with van der Waals surface area (Å²) in [6, 6.07) is 4.15. The number of nitrogens with one attached hydrogen (secondary N) is 1. The van der Waals surface area contributed by atoms with Crippen LogP contribution in [-0.4, -0.2) is 43.8 Å². The van der Waals surface area contributed by atoms with Crippen LogP contribution in [0.3, 0.4) is 0 Å². The summed E-state index contributed by atoms with van der Waals surface area (Å²) in [5, 5.41) is 3.56. The SMILES string of the molecule is CCCNC(c1ccco1)C1CN(CCC)CCO1. The van der Waals surface area contributed by atoms with E-state index in [0.717, 1.165) is 45.0 Å². The molecule has 108 valence electrons. The molecule has 1 aliphatic heterocycles. The van der Waals surface area contributed by atoms with Crippen LogP contribution >= 0.6 is 0 Å². The van der Waals surface area contributed by atoms with Crippen molar-refractivity contribution in [3.63, 3.8) is 0 Å². The normalized spacial score (nSPS) is 22.5. The number of hydrogen-bond acceptors (Lipinski definition) is 4. The minimum absolute atomic E-state index is 0.162. The van der Waals surface area contributed by atoms with E-state index >= 15 is 0 Å². The van der Waals surface area contributed by atoms with E-state index in [9.17, 15) is 0 Å². The second-order valence-electron chi connectivity index (χ2n) is 5.16. The molecule has 1 fully saturated rings. The summed E-state index contributed by atoms with van der Waals surface area (Å²) < 4.78 is 11.6. The van der Waals surface area contributed by atoms with Crippen molar-refractivity contribution < 1.29 is 9.15 Å². The topological polar surface area (TPSA) is 37.6 Å². The Balaban J connectivity index is 2.00. The van der Waals surface area contributed by atoms with Gasteiger partial charge in [-0.1, -0.05) is 13.8 Å². The van der Waals surface area contributed by atoms with E-state index < -0.39 is 0 Å². The van der Waals surface area contributed by atoms with Gasteiger partial charge in [-0.05, 0) is 38.1 Å². The van der Waals surface area contributed by atoms with Crippen molar-refractivity contribution in [3.8, 4) is 0 Å². The summed E-state index contributed by atoms with van der Waals surface area (Å²) in [6.07, 6.45) is 4.23. The number of hydrogen-bond donors (Lipinski definition) is 1. The van der Waals surface area contributed by atoms with Crippen LogP contribution in [0.25, 0.3) is 0 Å². The van der Waals surface area contributed by atoms with E-state index in [1.165, 1.54) is 6.42 Å². The lowest BCUT2D eigenvalue weighted by molar-refractivity contribution is -0.0502. The number of nitrogens with zero attached hydrogens (tertiary/aromatic N) is 1. The lowest BCUT2D eigenvalue weighted by atomic mass is 10.1. The average molecular weight is 266 g/mol. The number of furan rings is 1. The van der Waals surface area contributed by atoms with Gasteiger partial charge in [-0.3, -0.25) is 4.90 Å². The van der Waals surface area contributed by atoms with E-state index in [4.69, 9.17) is 9.15 Å². The van der Waals surface area contributed by atoms with Gasteiger partial charge in [0.05, 0.1) is 25.0 Å². The first-order valence-corrected chi connectivity index (χ1v) is 7.45. The van der Waals surface area contributed by atoms with Gasteiger partial charge in [-0.15, -0.1) is 0 Å². The largest absolute Gasteiger partial charge is 0.468 e. The van der Waals surface area contributed by atoms with Gasteiger partial charge in [0.15, 0.2) is 0 Å². The summed E-state index contributed by atoms with van der Waals surface area (Å²) in [5.74, 6) is 0.983. The Morgan fingerprint density at radius 1 is 1.42 bits per heavy atom. The summed E-state index contributed by atoms with van der Waals surface area (Å²) in [4.78, 5) is 2.48. The Labute approximate surface area is 116 Å². The molecule has 0 amide bonds. The van der Waals surface area contributed by atoms with Gasteiger partial charge in [0.25, 0.3) is 0 Å². The Morgan fingerprint density at radius 3 is 3.00 bits per heavy atom. The standard InChI is InChI=1S/C15H26N2O2/c1-3-7-16-15(13-6-5-10-18-13)14-12-17(8-4-2)9-11-19-14/h5-6,10,14-16H,3-4,7-9,11-12H2,1-2H3. The molecule has 0 aromatic carbocycles. The van der Waals surface area contributed by atoms with Crippen LogP contribution in [0.4, 0.5) is 0 Å². The second kappa shape index (κ2) is 7.68. The first-order valence-electron chi connectivity index (χ1n) is 7.45. The molecule has 1 aromatic rings. The molecule has 0 saturated carbocycles. The first-order chi connectivity index (χ1) is 9.35. The highest BCUT2D eigenvalue weighted by atomic mass is 16.5. The molecular formula is C15H26N2O2. The third-order valence-electron chi connectivity index (χ3n) is 3.55. The zero-order chi connectivity index (χ0) is 13.5. The molecule has 19 heavy (non-hydrogen) atoms. The van der Waals surface area contributed by atoms with Gasteiger partial charge >= 0.3 is 0 Å². The molecule has 0 bridgehead atoms.